The summed E-state index contributed by atoms with van der Waals surface area (Å²) in [5.74, 6) is 0.365. The van der Waals surface area contributed by atoms with E-state index in [9.17, 15) is 21.6 Å². The predicted octanol–water partition coefficient (Wildman–Crippen LogP) is 3.71. The lowest BCUT2D eigenvalue weighted by molar-refractivity contribution is -0.123. The Kier molecular flexibility index (Phi) is 11.6. The van der Waals surface area contributed by atoms with Gasteiger partial charge in [-0.2, -0.15) is 4.31 Å². The summed E-state index contributed by atoms with van der Waals surface area (Å²) < 4.78 is 58.0. The van der Waals surface area contributed by atoms with Crippen molar-refractivity contribution in [2.24, 2.45) is 11.8 Å². The molecule has 0 radical (unpaired) electrons. The molecular weight excluding hydrogens is 636 g/mol. The van der Waals surface area contributed by atoms with Crippen molar-refractivity contribution >= 4 is 43.2 Å². The highest BCUT2D eigenvalue weighted by Gasteiger charge is 2.32. The van der Waals surface area contributed by atoms with E-state index in [-0.39, 0.29) is 11.8 Å². The SMILES string of the molecule is CS(=O)(=O)N1CCC(C(=O)N(CCCN2CCC(Cc3ccc(S(=O)(=O)N4CCOCC4)cc3)CC2)c2cccc(Cl)c2)CC1. The molecule has 10 nitrogen and oxygen atoms in total. The van der Waals surface area contributed by atoms with Gasteiger partial charge in [-0.3, -0.25) is 4.79 Å². The minimum absolute atomic E-state index is 0.0351. The minimum Gasteiger partial charge on any atom is -0.379 e. The molecule has 0 bridgehead atoms. The van der Waals surface area contributed by atoms with E-state index < -0.39 is 20.0 Å². The lowest BCUT2D eigenvalue weighted by Crippen LogP contribution is -2.45. The monoisotopic (exact) mass is 680 g/mol. The van der Waals surface area contributed by atoms with Crippen LogP contribution in [0.3, 0.4) is 0 Å². The third-order valence-electron chi connectivity index (χ3n) is 9.28. The zero-order chi connectivity index (χ0) is 32.0. The lowest BCUT2D eigenvalue weighted by Gasteiger charge is -2.34. The molecule has 2 aromatic carbocycles. The molecule has 2 aromatic rings. The molecule has 5 rings (SSSR count). The number of halogens is 1. The predicted molar refractivity (Wildman–Crippen MR) is 176 cm³/mol. The summed E-state index contributed by atoms with van der Waals surface area (Å²) in [6, 6.07) is 14.7. The van der Waals surface area contributed by atoms with Crippen molar-refractivity contribution in [2.75, 3.05) is 76.7 Å². The normalized spacial score (nSPS) is 20.3. The minimum atomic E-state index is -3.48. The van der Waals surface area contributed by atoms with E-state index in [1.807, 2.05) is 35.2 Å². The number of morpholine rings is 1. The highest BCUT2D eigenvalue weighted by molar-refractivity contribution is 7.89. The molecule has 45 heavy (non-hydrogen) atoms. The summed E-state index contributed by atoms with van der Waals surface area (Å²) in [7, 11) is -6.74. The highest BCUT2D eigenvalue weighted by atomic mass is 35.5. The van der Waals surface area contributed by atoms with E-state index in [1.54, 1.807) is 18.2 Å². The molecular formula is C32H45ClN4O6S2. The number of carbonyl (C=O) groups is 1. The van der Waals surface area contributed by atoms with Gasteiger partial charge in [0.2, 0.25) is 26.0 Å². The number of hydrogen-bond donors (Lipinski definition) is 0. The maximum Gasteiger partial charge on any atom is 0.243 e. The number of hydrogen-bond acceptors (Lipinski definition) is 7. The Morgan fingerprint density at radius 2 is 1.56 bits per heavy atom. The van der Waals surface area contributed by atoms with E-state index in [2.05, 4.69) is 4.90 Å². The van der Waals surface area contributed by atoms with Gasteiger partial charge >= 0.3 is 0 Å². The van der Waals surface area contributed by atoms with Crippen LogP contribution in [0.5, 0.6) is 0 Å². The Hall–Kier alpha value is -2.06. The van der Waals surface area contributed by atoms with Gasteiger partial charge in [0.15, 0.2) is 0 Å². The van der Waals surface area contributed by atoms with Crippen LogP contribution in [0.4, 0.5) is 5.69 Å². The summed E-state index contributed by atoms with van der Waals surface area (Å²) in [5, 5.41) is 0.577. The van der Waals surface area contributed by atoms with Gasteiger partial charge in [0.05, 0.1) is 24.4 Å². The molecule has 0 N–H and O–H groups in total. The van der Waals surface area contributed by atoms with Gasteiger partial charge in [0, 0.05) is 49.4 Å². The van der Waals surface area contributed by atoms with Gasteiger partial charge in [-0.15, -0.1) is 0 Å². The van der Waals surface area contributed by atoms with Gasteiger partial charge in [-0.1, -0.05) is 29.8 Å². The second-order valence-corrected chi connectivity index (χ2v) is 16.8. The number of rotatable bonds is 11. The van der Waals surface area contributed by atoms with E-state index in [0.29, 0.717) is 74.6 Å². The highest BCUT2D eigenvalue weighted by Crippen LogP contribution is 2.28. The summed E-state index contributed by atoms with van der Waals surface area (Å²) in [4.78, 5) is 18.3. The molecule has 0 unspecified atom stereocenters. The van der Waals surface area contributed by atoms with Gasteiger partial charge in [-0.25, -0.2) is 21.1 Å². The average molecular weight is 681 g/mol. The van der Waals surface area contributed by atoms with Crippen LogP contribution in [-0.2, 0) is 36.0 Å². The topological polar surface area (TPSA) is 108 Å². The lowest BCUT2D eigenvalue weighted by atomic mass is 9.90. The molecule has 0 spiro atoms. The number of sulfonamides is 2. The number of benzene rings is 2. The smallest absolute Gasteiger partial charge is 0.243 e. The second-order valence-electron chi connectivity index (χ2n) is 12.4. The summed E-state index contributed by atoms with van der Waals surface area (Å²) in [6.45, 7) is 5.83. The number of likely N-dealkylation sites (tertiary alicyclic amines) is 1. The van der Waals surface area contributed by atoms with E-state index in [4.69, 9.17) is 16.3 Å². The molecule has 0 aromatic heterocycles. The number of ether oxygens (including phenoxy) is 1. The van der Waals surface area contributed by atoms with Crippen LogP contribution in [0.15, 0.2) is 53.4 Å². The van der Waals surface area contributed by atoms with Crippen molar-refractivity contribution in [1.29, 1.82) is 0 Å². The zero-order valence-electron chi connectivity index (χ0n) is 26.0. The third kappa shape index (κ3) is 9.06. The Bertz CT molecular complexity index is 1500. The first-order valence-electron chi connectivity index (χ1n) is 15.9. The van der Waals surface area contributed by atoms with Crippen molar-refractivity contribution in [3.63, 3.8) is 0 Å². The molecule has 3 saturated heterocycles. The van der Waals surface area contributed by atoms with Crippen LogP contribution < -0.4 is 4.90 Å². The molecule has 3 fully saturated rings. The number of nitrogens with zero attached hydrogens (tertiary/aromatic N) is 4. The molecule has 3 aliphatic heterocycles. The molecule has 3 heterocycles. The molecule has 0 saturated carbocycles. The maximum absolute atomic E-state index is 13.7. The first-order valence-corrected chi connectivity index (χ1v) is 19.6. The van der Waals surface area contributed by atoms with Crippen molar-refractivity contribution in [3.8, 4) is 0 Å². The molecule has 3 aliphatic rings. The van der Waals surface area contributed by atoms with Crippen molar-refractivity contribution in [1.82, 2.24) is 13.5 Å². The van der Waals surface area contributed by atoms with Crippen molar-refractivity contribution in [2.45, 2.75) is 43.4 Å². The molecule has 0 atom stereocenters. The first kappa shape index (κ1) is 34.3. The maximum atomic E-state index is 13.7. The first-order chi connectivity index (χ1) is 21.5. The number of amides is 1. The van der Waals surface area contributed by atoms with Gasteiger partial charge < -0.3 is 14.5 Å². The van der Waals surface area contributed by atoms with E-state index in [1.165, 1.54) is 14.9 Å². The summed E-state index contributed by atoms with van der Waals surface area (Å²) in [5.41, 5.74) is 1.94. The number of piperidine rings is 2. The van der Waals surface area contributed by atoms with Crippen LogP contribution in [0.1, 0.15) is 37.7 Å². The zero-order valence-corrected chi connectivity index (χ0v) is 28.4. The van der Waals surface area contributed by atoms with Crippen molar-refractivity contribution < 1.29 is 26.4 Å². The van der Waals surface area contributed by atoms with E-state index >= 15 is 0 Å². The van der Waals surface area contributed by atoms with E-state index in [0.717, 1.165) is 56.6 Å². The molecule has 1 amide bonds. The largest absolute Gasteiger partial charge is 0.379 e. The van der Waals surface area contributed by atoms with Crippen LogP contribution in [-0.4, -0.2) is 108 Å². The fraction of sp³-hybridized carbons (Fsp3) is 0.594. The van der Waals surface area contributed by atoms with Gasteiger partial charge in [0.25, 0.3) is 0 Å². The Labute approximate surface area is 273 Å². The second kappa shape index (κ2) is 15.2. The number of anilines is 1. The summed E-state index contributed by atoms with van der Waals surface area (Å²) >= 11 is 6.28. The Balaban J connectivity index is 1.10. The quantitative estimate of drug-likeness (QED) is 0.356. The van der Waals surface area contributed by atoms with Crippen LogP contribution >= 0.6 is 11.6 Å². The third-order valence-corrected chi connectivity index (χ3v) is 12.7. The fourth-order valence-electron chi connectivity index (χ4n) is 6.60. The number of carbonyl (C=O) groups excluding carboxylic acids is 1. The van der Waals surface area contributed by atoms with Crippen LogP contribution in [0, 0.1) is 11.8 Å². The Morgan fingerprint density at radius 3 is 2.18 bits per heavy atom. The van der Waals surface area contributed by atoms with Gasteiger partial charge in [-0.05, 0) is 100.0 Å². The fourth-order valence-corrected chi connectivity index (χ4v) is 9.07. The average Bonchev–Trinajstić information content (AvgIpc) is 3.04. The molecule has 0 aliphatic carbocycles. The van der Waals surface area contributed by atoms with Crippen molar-refractivity contribution in [3.05, 3.63) is 59.1 Å². The van der Waals surface area contributed by atoms with Crippen LogP contribution in [0.25, 0.3) is 0 Å². The standard InChI is InChI=1S/C32H45ClN4O6S2/c1-44(39,40)35-18-12-28(13-19-35)32(38)37(30-5-2-4-29(33)25-30)15-3-14-34-16-10-27(11-17-34)24-26-6-8-31(9-7-26)45(41,42)36-20-22-43-23-21-36/h2,4-9,25,27-28H,3,10-24H2,1H3. The Morgan fingerprint density at radius 1 is 0.889 bits per heavy atom. The van der Waals surface area contributed by atoms with Crippen LogP contribution in [0.2, 0.25) is 5.02 Å². The van der Waals surface area contributed by atoms with Gasteiger partial charge in [0.1, 0.15) is 0 Å². The summed E-state index contributed by atoms with van der Waals surface area (Å²) in [6.07, 6.45) is 6.15. The molecule has 13 heteroatoms. The molecule has 248 valence electrons.